The van der Waals surface area contributed by atoms with Crippen LogP contribution < -0.4 is 10.1 Å². The van der Waals surface area contributed by atoms with E-state index in [0.717, 1.165) is 11.3 Å². The molecule has 0 radical (unpaired) electrons. The van der Waals surface area contributed by atoms with Gasteiger partial charge in [0.05, 0.1) is 24.6 Å². The third-order valence-corrected chi connectivity index (χ3v) is 4.42. The number of carbonyl (C=O) groups is 1. The molecule has 1 N–H and O–H groups in total. The van der Waals surface area contributed by atoms with Gasteiger partial charge in [0.1, 0.15) is 12.7 Å². The highest BCUT2D eigenvalue weighted by Gasteiger charge is 2.18. The number of hydrogen-bond donors (Lipinski definition) is 1. The molecule has 0 fully saturated rings. The molecule has 0 saturated heterocycles. The van der Waals surface area contributed by atoms with Crippen molar-refractivity contribution in [3.63, 3.8) is 0 Å². The molecule has 0 unspecified atom stereocenters. The van der Waals surface area contributed by atoms with E-state index in [1.54, 1.807) is 34.0 Å². The van der Waals surface area contributed by atoms with Crippen molar-refractivity contribution in [2.24, 2.45) is 0 Å². The lowest BCUT2D eigenvalue weighted by atomic mass is 10.2. The summed E-state index contributed by atoms with van der Waals surface area (Å²) in [6, 6.07) is 7.12. The number of hydrogen-bond acceptors (Lipinski definition) is 8. The predicted octanol–water partition coefficient (Wildman–Crippen LogP) is 1.14. The summed E-state index contributed by atoms with van der Waals surface area (Å²) in [6.07, 6.45) is 6.84. The maximum Gasteiger partial charge on any atom is 0.255 e. The van der Waals surface area contributed by atoms with Gasteiger partial charge in [-0.25, -0.2) is 19.3 Å². The number of ether oxygens (including phenoxy) is 1. The Hall–Kier alpha value is -4.15. The fourth-order valence-corrected chi connectivity index (χ4v) is 2.90. The summed E-state index contributed by atoms with van der Waals surface area (Å²) in [4.78, 5) is 21.0. The van der Waals surface area contributed by atoms with Crippen molar-refractivity contribution in [1.82, 2.24) is 45.0 Å². The van der Waals surface area contributed by atoms with Crippen LogP contribution in [0.2, 0.25) is 0 Å². The molecular formula is C19H19N9O2. The maximum atomic E-state index is 12.7. The molecule has 11 nitrogen and oxygen atoms in total. The van der Waals surface area contributed by atoms with Crippen molar-refractivity contribution >= 4 is 5.91 Å². The van der Waals surface area contributed by atoms with Crippen LogP contribution in [0.4, 0.5) is 0 Å². The van der Waals surface area contributed by atoms with Crippen molar-refractivity contribution in [2.75, 3.05) is 7.11 Å². The van der Waals surface area contributed by atoms with Crippen LogP contribution in [0.25, 0.3) is 11.6 Å². The number of nitrogens with zero attached hydrogens (tertiary/aromatic N) is 8. The summed E-state index contributed by atoms with van der Waals surface area (Å²) in [6.45, 7) is 2.29. The van der Waals surface area contributed by atoms with Crippen LogP contribution in [0.1, 0.15) is 28.5 Å². The lowest BCUT2D eigenvalue weighted by Gasteiger charge is -2.08. The van der Waals surface area contributed by atoms with Gasteiger partial charge >= 0.3 is 0 Å². The zero-order valence-corrected chi connectivity index (χ0v) is 16.4. The highest BCUT2D eigenvalue weighted by Crippen LogP contribution is 2.15. The molecule has 0 bridgehead atoms. The van der Waals surface area contributed by atoms with Gasteiger partial charge in [-0.2, -0.15) is 10.2 Å². The number of nitrogens with one attached hydrogen (secondary N) is 1. The van der Waals surface area contributed by atoms with Crippen LogP contribution in [0.5, 0.6) is 5.88 Å². The number of pyridine rings is 1. The largest absolute Gasteiger partial charge is 0.480 e. The topological polar surface area (TPSA) is 126 Å². The van der Waals surface area contributed by atoms with Gasteiger partial charge in [-0.05, 0) is 24.1 Å². The molecular weight excluding hydrogens is 386 g/mol. The molecule has 0 atom stereocenters. The smallest absolute Gasteiger partial charge is 0.255 e. The van der Waals surface area contributed by atoms with E-state index in [1.165, 1.54) is 19.6 Å². The summed E-state index contributed by atoms with van der Waals surface area (Å²) < 4.78 is 8.20. The molecule has 4 heterocycles. The minimum absolute atomic E-state index is 0.222. The zero-order valence-electron chi connectivity index (χ0n) is 16.4. The van der Waals surface area contributed by atoms with E-state index in [4.69, 9.17) is 4.74 Å². The molecule has 4 aromatic rings. The molecule has 0 saturated carbocycles. The van der Waals surface area contributed by atoms with Crippen molar-refractivity contribution in [2.45, 2.75) is 19.9 Å². The summed E-state index contributed by atoms with van der Waals surface area (Å²) in [7, 11) is 1.52. The molecule has 4 rings (SSSR count). The first-order chi connectivity index (χ1) is 14.7. The summed E-state index contributed by atoms with van der Waals surface area (Å²) in [5, 5.41) is 19.3. The fourth-order valence-electron chi connectivity index (χ4n) is 2.90. The third-order valence-electron chi connectivity index (χ3n) is 4.42. The average Bonchev–Trinajstić information content (AvgIpc) is 3.48. The van der Waals surface area contributed by atoms with E-state index >= 15 is 0 Å². The maximum absolute atomic E-state index is 12.7. The minimum atomic E-state index is -0.222. The average molecular weight is 405 g/mol. The standard InChI is InChI=1S/C19H19N9O2/c1-3-15-14(10-23-28(15)17-6-7-18(30-2)26-25-17)19(29)22-9-13-4-5-16(21-8-13)27-12-20-11-24-27/h4-8,10-12H,3,9H2,1-2H3,(H,22,29). The lowest BCUT2D eigenvalue weighted by molar-refractivity contribution is 0.0950. The normalized spacial score (nSPS) is 10.7. The fraction of sp³-hybridized carbons (Fsp3) is 0.211. The van der Waals surface area contributed by atoms with Gasteiger partial charge < -0.3 is 10.1 Å². The van der Waals surface area contributed by atoms with E-state index in [9.17, 15) is 4.79 Å². The Morgan fingerprint density at radius 3 is 2.60 bits per heavy atom. The van der Waals surface area contributed by atoms with Crippen molar-refractivity contribution in [1.29, 1.82) is 0 Å². The van der Waals surface area contributed by atoms with Gasteiger partial charge in [-0.15, -0.1) is 10.2 Å². The van der Waals surface area contributed by atoms with Crippen LogP contribution in [0.3, 0.4) is 0 Å². The first-order valence-electron chi connectivity index (χ1n) is 9.22. The number of aromatic nitrogens is 8. The first kappa shape index (κ1) is 19.2. The Morgan fingerprint density at radius 1 is 1.10 bits per heavy atom. The molecule has 0 spiro atoms. The molecule has 11 heteroatoms. The Morgan fingerprint density at radius 2 is 1.97 bits per heavy atom. The second kappa shape index (κ2) is 8.47. The Balaban J connectivity index is 1.46. The second-order valence-electron chi connectivity index (χ2n) is 6.25. The van der Waals surface area contributed by atoms with Gasteiger partial charge in [0.25, 0.3) is 5.91 Å². The van der Waals surface area contributed by atoms with Crippen molar-refractivity contribution < 1.29 is 9.53 Å². The Labute approximate surface area is 171 Å². The molecule has 152 valence electrons. The number of rotatable bonds is 7. The SMILES string of the molecule is CCc1c(C(=O)NCc2ccc(-n3cncn3)nc2)cnn1-c1ccc(OC)nn1. The van der Waals surface area contributed by atoms with Gasteiger partial charge in [-0.3, -0.25) is 4.79 Å². The number of carbonyl (C=O) groups excluding carboxylic acids is 1. The zero-order chi connectivity index (χ0) is 20.9. The van der Waals surface area contributed by atoms with E-state index in [2.05, 4.69) is 35.7 Å². The molecule has 4 aromatic heterocycles. The summed E-state index contributed by atoms with van der Waals surface area (Å²) in [5.41, 5.74) is 2.09. The van der Waals surface area contributed by atoms with Gasteiger partial charge in [0.15, 0.2) is 11.6 Å². The predicted molar refractivity (Wildman–Crippen MR) is 105 cm³/mol. The number of amides is 1. The number of methoxy groups -OCH3 is 1. The first-order valence-corrected chi connectivity index (χ1v) is 9.22. The van der Waals surface area contributed by atoms with Crippen LogP contribution in [0, 0.1) is 0 Å². The summed E-state index contributed by atoms with van der Waals surface area (Å²) in [5.74, 6) is 1.35. The molecule has 0 aliphatic heterocycles. The quantitative estimate of drug-likeness (QED) is 0.485. The van der Waals surface area contributed by atoms with Gasteiger partial charge in [-0.1, -0.05) is 13.0 Å². The highest BCUT2D eigenvalue weighted by atomic mass is 16.5. The second-order valence-corrected chi connectivity index (χ2v) is 6.25. The Kier molecular flexibility index (Phi) is 5.42. The Bertz CT molecular complexity index is 1120. The van der Waals surface area contributed by atoms with E-state index in [-0.39, 0.29) is 5.91 Å². The van der Waals surface area contributed by atoms with Crippen LogP contribution >= 0.6 is 0 Å². The molecule has 1 amide bonds. The lowest BCUT2D eigenvalue weighted by Crippen LogP contribution is -2.24. The van der Waals surface area contributed by atoms with Gasteiger partial charge in [0, 0.05) is 18.8 Å². The van der Waals surface area contributed by atoms with Crippen LogP contribution in [-0.2, 0) is 13.0 Å². The minimum Gasteiger partial charge on any atom is -0.480 e. The highest BCUT2D eigenvalue weighted by molar-refractivity contribution is 5.95. The molecule has 0 aliphatic rings. The molecule has 0 aromatic carbocycles. The van der Waals surface area contributed by atoms with Crippen LogP contribution in [-0.4, -0.2) is 52.7 Å². The van der Waals surface area contributed by atoms with E-state index < -0.39 is 0 Å². The van der Waals surface area contributed by atoms with Gasteiger partial charge in [0.2, 0.25) is 5.88 Å². The van der Waals surface area contributed by atoms with Crippen LogP contribution in [0.15, 0.2) is 49.3 Å². The van der Waals surface area contributed by atoms with E-state index in [1.807, 2.05) is 19.1 Å². The molecule has 30 heavy (non-hydrogen) atoms. The van der Waals surface area contributed by atoms with Crippen molar-refractivity contribution in [3.05, 3.63) is 66.1 Å². The van der Waals surface area contributed by atoms with E-state index in [0.29, 0.717) is 36.0 Å². The summed E-state index contributed by atoms with van der Waals surface area (Å²) >= 11 is 0. The molecule has 0 aliphatic carbocycles. The van der Waals surface area contributed by atoms with Crippen molar-refractivity contribution in [3.8, 4) is 17.5 Å². The monoisotopic (exact) mass is 405 g/mol. The third kappa shape index (κ3) is 3.85.